The van der Waals surface area contributed by atoms with Gasteiger partial charge in [-0.3, -0.25) is 4.79 Å². The van der Waals surface area contributed by atoms with Crippen LogP contribution in [0.25, 0.3) is 0 Å². The van der Waals surface area contributed by atoms with Gasteiger partial charge in [-0.25, -0.2) is 0 Å². The molecule has 2 aliphatic heterocycles. The molecule has 0 saturated carbocycles. The fourth-order valence-electron chi connectivity index (χ4n) is 2.61. The molecule has 0 aliphatic carbocycles. The van der Waals surface area contributed by atoms with Gasteiger partial charge in [0.1, 0.15) is 0 Å². The summed E-state index contributed by atoms with van der Waals surface area (Å²) >= 11 is 0. The monoisotopic (exact) mass is 246 g/mol. The molecule has 3 heteroatoms. The zero-order valence-corrected chi connectivity index (χ0v) is 11.2. The van der Waals surface area contributed by atoms with Gasteiger partial charge in [-0.05, 0) is 50.0 Å². The number of amides is 1. The Bertz CT molecular complexity index is 407. The molecule has 0 bridgehead atoms. The van der Waals surface area contributed by atoms with Gasteiger partial charge < -0.3 is 10.2 Å². The quantitative estimate of drug-likeness (QED) is 0.811. The Hall–Kier alpha value is -1.35. The molecule has 0 spiro atoms. The van der Waals surface area contributed by atoms with Gasteiger partial charge in [0, 0.05) is 25.2 Å². The van der Waals surface area contributed by atoms with Crippen LogP contribution in [-0.2, 0) is 4.79 Å². The van der Waals surface area contributed by atoms with E-state index in [4.69, 9.17) is 0 Å². The lowest BCUT2D eigenvalue weighted by Gasteiger charge is -2.17. The van der Waals surface area contributed by atoms with Gasteiger partial charge in [-0.15, -0.1) is 0 Å². The van der Waals surface area contributed by atoms with Gasteiger partial charge in [0.25, 0.3) is 0 Å². The smallest absolute Gasteiger partial charge is 0.227 e. The molecule has 18 heavy (non-hydrogen) atoms. The Morgan fingerprint density at radius 1 is 1.33 bits per heavy atom. The van der Waals surface area contributed by atoms with E-state index in [2.05, 4.69) is 31.0 Å². The summed E-state index contributed by atoms with van der Waals surface area (Å²) in [5.41, 5.74) is 3.50. The molecule has 2 rings (SSSR count). The highest BCUT2D eigenvalue weighted by Gasteiger charge is 2.22. The summed E-state index contributed by atoms with van der Waals surface area (Å²) < 4.78 is 0. The summed E-state index contributed by atoms with van der Waals surface area (Å²) in [4.78, 5) is 13.5. The third-order valence-corrected chi connectivity index (χ3v) is 3.64. The Labute approximate surface area is 109 Å². The molecule has 0 aromatic rings. The largest absolute Gasteiger partial charge is 0.313 e. The molecule has 98 valence electrons. The molecule has 0 radical (unpaired) electrons. The van der Waals surface area contributed by atoms with E-state index in [1.54, 1.807) is 0 Å². The number of rotatable bonds is 2. The van der Waals surface area contributed by atoms with Crippen molar-refractivity contribution in [3.63, 3.8) is 0 Å². The summed E-state index contributed by atoms with van der Waals surface area (Å²) in [6.45, 7) is 8.89. The van der Waals surface area contributed by atoms with Crippen LogP contribution in [0.15, 0.2) is 35.6 Å². The number of nitrogens with one attached hydrogen (secondary N) is 1. The molecule has 2 aliphatic rings. The summed E-state index contributed by atoms with van der Waals surface area (Å²) in [5.74, 6) is 0.209. The molecule has 0 atom stereocenters. The number of likely N-dealkylation sites (tertiary alicyclic amines) is 1. The highest BCUT2D eigenvalue weighted by molar-refractivity contribution is 5.80. The standard InChI is InChI=1S/C15H22N2O/c1-3-13-6-4-8-16-11-14(13)10-12(2)17-9-5-7-15(17)18/h3,10,16H,2,4-9,11H2,1H3/b13-3-,14-10-. The molecular formula is C15H22N2O. The van der Waals surface area contributed by atoms with Crippen molar-refractivity contribution in [1.29, 1.82) is 0 Å². The van der Waals surface area contributed by atoms with Crippen LogP contribution in [0.2, 0.25) is 0 Å². The first-order valence-electron chi connectivity index (χ1n) is 6.78. The van der Waals surface area contributed by atoms with E-state index in [9.17, 15) is 4.79 Å². The van der Waals surface area contributed by atoms with E-state index in [0.717, 1.165) is 38.2 Å². The minimum atomic E-state index is 0.209. The maximum Gasteiger partial charge on any atom is 0.227 e. The first kappa shape index (κ1) is 13.1. The van der Waals surface area contributed by atoms with Crippen molar-refractivity contribution in [2.45, 2.75) is 32.6 Å². The highest BCUT2D eigenvalue weighted by atomic mass is 16.2. The normalized spacial score (nSPS) is 25.8. The molecular weight excluding hydrogens is 224 g/mol. The fraction of sp³-hybridized carbons (Fsp3) is 0.533. The van der Waals surface area contributed by atoms with Crippen molar-refractivity contribution in [2.24, 2.45) is 0 Å². The minimum absolute atomic E-state index is 0.209. The predicted molar refractivity (Wildman–Crippen MR) is 74.0 cm³/mol. The average Bonchev–Trinajstić information content (AvgIpc) is 2.66. The number of carbonyl (C=O) groups is 1. The molecule has 2 saturated heterocycles. The van der Waals surface area contributed by atoms with Crippen LogP contribution >= 0.6 is 0 Å². The summed E-state index contributed by atoms with van der Waals surface area (Å²) in [7, 11) is 0. The van der Waals surface area contributed by atoms with Crippen molar-refractivity contribution in [1.82, 2.24) is 10.2 Å². The average molecular weight is 246 g/mol. The van der Waals surface area contributed by atoms with Gasteiger partial charge in [0.15, 0.2) is 0 Å². The van der Waals surface area contributed by atoms with Crippen molar-refractivity contribution in [3.05, 3.63) is 35.6 Å². The topological polar surface area (TPSA) is 32.3 Å². The minimum Gasteiger partial charge on any atom is -0.313 e. The van der Waals surface area contributed by atoms with Gasteiger partial charge in [-0.2, -0.15) is 0 Å². The summed E-state index contributed by atoms with van der Waals surface area (Å²) in [6.07, 6.45) is 8.16. The van der Waals surface area contributed by atoms with E-state index >= 15 is 0 Å². The van der Waals surface area contributed by atoms with Gasteiger partial charge in [0.05, 0.1) is 0 Å². The number of carbonyl (C=O) groups excluding carboxylic acids is 1. The van der Waals surface area contributed by atoms with Crippen LogP contribution in [0.4, 0.5) is 0 Å². The molecule has 0 aromatic carbocycles. The zero-order chi connectivity index (χ0) is 13.0. The van der Waals surface area contributed by atoms with Crippen LogP contribution in [0.5, 0.6) is 0 Å². The Kier molecular flexibility index (Phi) is 4.37. The maximum atomic E-state index is 11.7. The Morgan fingerprint density at radius 3 is 2.83 bits per heavy atom. The van der Waals surface area contributed by atoms with Crippen molar-refractivity contribution in [2.75, 3.05) is 19.6 Å². The van der Waals surface area contributed by atoms with Crippen LogP contribution < -0.4 is 5.32 Å². The van der Waals surface area contributed by atoms with Crippen molar-refractivity contribution < 1.29 is 4.79 Å². The molecule has 2 heterocycles. The lowest BCUT2D eigenvalue weighted by molar-refractivity contribution is -0.125. The first-order chi connectivity index (χ1) is 8.72. The lowest BCUT2D eigenvalue weighted by atomic mass is 10.0. The van der Waals surface area contributed by atoms with E-state index in [1.807, 2.05) is 4.90 Å². The lowest BCUT2D eigenvalue weighted by Crippen LogP contribution is -2.23. The Balaban J connectivity index is 2.14. The zero-order valence-electron chi connectivity index (χ0n) is 11.2. The SMILES string of the molecule is C=C(/C=C1/CNCCC/C1=C/C)N1CCCC1=O. The van der Waals surface area contributed by atoms with Gasteiger partial charge >= 0.3 is 0 Å². The molecule has 0 unspecified atom stereocenters. The molecule has 1 amide bonds. The van der Waals surface area contributed by atoms with Crippen LogP contribution in [-0.4, -0.2) is 30.4 Å². The van der Waals surface area contributed by atoms with E-state index in [-0.39, 0.29) is 5.91 Å². The third kappa shape index (κ3) is 2.91. The third-order valence-electron chi connectivity index (χ3n) is 3.64. The van der Waals surface area contributed by atoms with Crippen molar-refractivity contribution >= 4 is 5.91 Å². The second kappa shape index (κ2) is 6.01. The number of hydrogen-bond donors (Lipinski definition) is 1. The first-order valence-corrected chi connectivity index (χ1v) is 6.78. The Morgan fingerprint density at radius 2 is 2.17 bits per heavy atom. The number of hydrogen-bond acceptors (Lipinski definition) is 2. The second-order valence-corrected chi connectivity index (χ2v) is 4.90. The summed E-state index contributed by atoms with van der Waals surface area (Å²) in [5, 5.41) is 3.42. The maximum absolute atomic E-state index is 11.7. The van der Waals surface area contributed by atoms with Crippen LogP contribution in [0.3, 0.4) is 0 Å². The molecule has 3 nitrogen and oxygen atoms in total. The molecule has 0 aromatic heterocycles. The number of nitrogens with zero attached hydrogens (tertiary/aromatic N) is 1. The van der Waals surface area contributed by atoms with Gasteiger partial charge in [0.2, 0.25) is 5.91 Å². The van der Waals surface area contributed by atoms with Crippen LogP contribution in [0, 0.1) is 0 Å². The second-order valence-electron chi connectivity index (χ2n) is 4.90. The fourth-order valence-corrected chi connectivity index (χ4v) is 2.61. The highest BCUT2D eigenvalue weighted by Crippen LogP contribution is 2.22. The van der Waals surface area contributed by atoms with Crippen LogP contribution in [0.1, 0.15) is 32.6 Å². The number of allylic oxidation sites excluding steroid dienone is 2. The summed E-state index contributed by atoms with van der Waals surface area (Å²) in [6, 6.07) is 0. The molecule has 2 fully saturated rings. The van der Waals surface area contributed by atoms with E-state index in [0.29, 0.717) is 6.42 Å². The molecule has 1 N–H and O–H groups in total. The van der Waals surface area contributed by atoms with Gasteiger partial charge in [-0.1, -0.05) is 12.7 Å². The van der Waals surface area contributed by atoms with Crippen molar-refractivity contribution in [3.8, 4) is 0 Å². The predicted octanol–water partition coefficient (Wildman–Crippen LogP) is 2.38. The van der Waals surface area contributed by atoms with E-state index in [1.165, 1.54) is 17.6 Å². The van der Waals surface area contributed by atoms with E-state index < -0.39 is 0 Å².